The van der Waals surface area contributed by atoms with Gasteiger partial charge in [0.15, 0.2) is 6.04 Å². The molecule has 2 heterocycles. The lowest BCUT2D eigenvalue weighted by atomic mass is 10.0. The van der Waals surface area contributed by atoms with Gasteiger partial charge in [0.05, 0.1) is 28.4 Å². The fourth-order valence-electron chi connectivity index (χ4n) is 3.43. The number of nitrogens with zero attached hydrogens (tertiary/aromatic N) is 3. The van der Waals surface area contributed by atoms with Crippen molar-refractivity contribution in [3.63, 3.8) is 0 Å². The summed E-state index contributed by atoms with van der Waals surface area (Å²) in [5.41, 5.74) is 0.329. The highest BCUT2D eigenvalue weighted by molar-refractivity contribution is 6.33. The van der Waals surface area contributed by atoms with Gasteiger partial charge in [-0.1, -0.05) is 11.6 Å². The molecule has 2 amide bonds. The number of carbonyl (C=O) groups excluding carboxylic acids is 1. The summed E-state index contributed by atoms with van der Waals surface area (Å²) in [6.45, 7) is 1.52. The van der Waals surface area contributed by atoms with Crippen molar-refractivity contribution in [2.24, 2.45) is 0 Å². The molecule has 1 aromatic rings. The van der Waals surface area contributed by atoms with Crippen molar-refractivity contribution in [2.45, 2.75) is 37.7 Å². The molecule has 3 rings (SSSR count). The molecule has 2 fully saturated rings. The minimum atomic E-state index is -4.72. The van der Waals surface area contributed by atoms with Crippen LogP contribution in [0.4, 0.5) is 23.7 Å². The number of rotatable bonds is 1. The quantitative estimate of drug-likeness (QED) is 0.838. The zero-order chi connectivity index (χ0) is 17.8. The van der Waals surface area contributed by atoms with E-state index in [2.05, 4.69) is 0 Å². The number of nitriles is 1. The second-order valence-corrected chi connectivity index (χ2v) is 6.24. The summed E-state index contributed by atoms with van der Waals surface area (Å²) >= 11 is 6.03. The molecule has 2 aliphatic heterocycles. The van der Waals surface area contributed by atoms with Crippen molar-refractivity contribution < 1.29 is 23.1 Å². The SMILES string of the molecule is Cc1c(N2C(=O)N3CC[C@@H](O)[C@@H]3[C@H]2C(F)(F)F)ccc(C#N)c1Cl. The van der Waals surface area contributed by atoms with Crippen LogP contribution in [0.2, 0.25) is 5.02 Å². The molecule has 0 radical (unpaired) electrons. The predicted molar refractivity (Wildman–Crippen MR) is 79.7 cm³/mol. The van der Waals surface area contributed by atoms with Crippen molar-refractivity contribution in [3.8, 4) is 6.07 Å². The van der Waals surface area contributed by atoms with Crippen LogP contribution in [0.1, 0.15) is 17.5 Å². The maximum atomic E-state index is 13.6. The number of anilines is 1. The Kier molecular flexibility index (Phi) is 3.89. The number of aliphatic hydroxyl groups excluding tert-OH is 1. The maximum absolute atomic E-state index is 13.6. The van der Waals surface area contributed by atoms with Gasteiger partial charge >= 0.3 is 12.2 Å². The molecule has 5 nitrogen and oxygen atoms in total. The van der Waals surface area contributed by atoms with E-state index >= 15 is 0 Å². The zero-order valence-electron chi connectivity index (χ0n) is 12.5. The highest BCUT2D eigenvalue weighted by Gasteiger charge is 2.62. The largest absolute Gasteiger partial charge is 0.411 e. The minimum Gasteiger partial charge on any atom is -0.391 e. The maximum Gasteiger partial charge on any atom is 0.411 e. The summed E-state index contributed by atoms with van der Waals surface area (Å²) in [5.74, 6) is 0. The van der Waals surface area contributed by atoms with E-state index < -0.39 is 30.4 Å². The third kappa shape index (κ3) is 2.31. The lowest BCUT2D eigenvalue weighted by Gasteiger charge is -2.30. The molecule has 0 spiro atoms. The average molecular weight is 360 g/mol. The van der Waals surface area contributed by atoms with Gasteiger partial charge in [0.25, 0.3) is 0 Å². The van der Waals surface area contributed by atoms with Crippen molar-refractivity contribution >= 4 is 23.3 Å². The third-order valence-corrected chi connectivity index (χ3v) is 5.03. The summed E-state index contributed by atoms with van der Waals surface area (Å²) in [4.78, 5) is 14.2. The number of carbonyl (C=O) groups is 1. The Morgan fingerprint density at radius 2 is 2.08 bits per heavy atom. The molecule has 0 bridgehead atoms. The Bertz CT molecular complexity index is 747. The molecule has 0 unspecified atom stereocenters. The van der Waals surface area contributed by atoms with Gasteiger partial charge in [-0.25, -0.2) is 4.79 Å². The number of benzene rings is 1. The Morgan fingerprint density at radius 3 is 2.67 bits per heavy atom. The second kappa shape index (κ2) is 5.53. The van der Waals surface area contributed by atoms with Gasteiger partial charge in [-0.2, -0.15) is 18.4 Å². The first-order valence-electron chi connectivity index (χ1n) is 7.22. The first kappa shape index (κ1) is 16.9. The van der Waals surface area contributed by atoms with Crippen molar-refractivity contribution in [3.05, 3.63) is 28.3 Å². The van der Waals surface area contributed by atoms with Crippen LogP contribution in [0.5, 0.6) is 0 Å². The van der Waals surface area contributed by atoms with Crippen LogP contribution >= 0.6 is 11.6 Å². The number of hydrogen-bond donors (Lipinski definition) is 1. The fraction of sp³-hybridized carbons (Fsp3) is 0.467. The van der Waals surface area contributed by atoms with Gasteiger partial charge in [0, 0.05) is 6.54 Å². The van der Waals surface area contributed by atoms with Crippen LogP contribution in [-0.2, 0) is 0 Å². The minimum absolute atomic E-state index is 0.00655. The van der Waals surface area contributed by atoms with E-state index in [0.717, 1.165) is 4.90 Å². The zero-order valence-corrected chi connectivity index (χ0v) is 13.3. The number of halogens is 4. The Morgan fingerprint density at radius 1 is 1.42 bits per heavy atom. The standard InChI is InChI=1S/C15H13ClF3N3O2/c1-7-9(3-2-8(6-20)11(7)16)22-13(15(17,18)19)12-10(23)4-5-21(12)14(22)24/h2-3,10,12-13,23H,4-5H2,1H3/t10-,12-,13+/m1/s1. The number of aliphatic hydroxyl groups is 1. The lowest BCUT2D eigenvalue weighted by Crippen LogP contribution is -2.51. The summed E-state index contributed by atoms with van der Waals surface area (Å²) in [5, 5.41) is 18.9. The molecule has 2 aliphatic rings. The van der Waals surface area contributed by atoms with Gasteiger partial charge < -0.3 is 10.0 Å². The van der Waals surface area contributed by atoms with Crippen LogP contribution in [0.15, 0.2) is 12.1 Å². The highest BCUT2D eigenvalue weighted by atomic mass is 35.5. The van der Waals surface area contributed by atoms with Crippen molar-refractivity contribution in [1.29, 1.82) is 5.26 Å². The fourth-order valence-corrected chi connectivity index (χ4v) is 3.63. The highest BCUT2D eigenvalue weighted by Crippen LogP contribution is 2.44. The van der Waals surface area contributed by atoms with Gasteiger partial charge in [0.1, 0.15) is 6.07 Å². The number of alkyl halides is 3. The van der Waals surface area contributed by atoms with Crippen molar-refractivity contribution in [2.75, 3.05) is 11.4 Å². The molecular weight excluding hydrogens is 347 g/mol. The molecule has 3 atom stereocenters. The topological polar surface area (TPSA) is 67.6 Å². The van der Waals surface area contributed by atoms with E-state index in [9.17, 15) is 23.1 Å². The van der Waals surface area contributed by atoms with E-state index in [1.807, 2.05) is 6.07 Å². The van der Waals surface area contributed by atoms with Crippen LogP contribution in [0.25, 0.3) is 0 Å². The summed E-state index contributed by atoms with van der Waals surface area (Å²) in [7, 11) is 0. The van der Waals surface area contributed by atoms with Gasteiger partial charge in [-0.15, -0.1) is 0 Å². The van der Waals surface area contributed by atoms with Crippen LogP contribution in [0.3, 0.4) is 0 Å². The predicted octanol–water partition coefficient (Wildman–Crippen LogP) is 2.83. The lowest BCUT2D eigenvalue weighted by molar-refractivity contribution is -0.156. The van der Waals surface area contributed by atoms with E-state index in [4.69, 9.17) is 16.9 Å². The van der Waals surface area contributed by atoms with E-state index in [1.54, 1.807) is 0 Å². The smallest absolute Gasteiger partial charge is 0.391 e. The Labute approximate surface area is 140 Å². The van der Waals surface area contributed by atoms with Gasteiger partial charge in [-0.3, -0.25) is 4.90 Å². The molecule has 1 aromatic carbocycles. The molecule has 9 heteroatoms. The normalized spacial score (nSPS) is 26.7. The van der Waals surface area contributed by atoms with Crippen molar-refractivity contribution in [1.82, 2.24) is 4.90 Å². The first-order valence-corrected chi connectivity index (χ1v) is 7.60. The monoisotopic (exact) mass is 359 g/mol. The summed E-state index contributed by atoms with van der Waals surface area (Å²) < 4.78 is 40.9. The number of amides is 2. The second-order valence-electron chi connectivity index (χ2n) is 5.86. The molecule has 0 saturated carbocycles. The molecule has 0 aliphatic carbocycles. The van der Waals surface area contributed by atoms with E-state index in [0.29, 0.717) is 4.90 Å². The molecule has 128 valence electrons. The third-order valence-electron chi connectivity index (χ3n) is 4.55. The summed E-state index contributed by atoms with van der Waals surface area (Å²) in [6, 6.07) is 0.0910. The van der Waals surface area contributed by atoms with Crippen LogP contribution < -0.4 is 4.90 Å². The number of fused-ring (bicyclic) bond motifs is 1. The summed E-state index contributed by atoms with van der Waals surface area (Å²) in [6.07, 6.45) is -5.84. The molecular formula is C15H13ClF3N3O2. The van der Waals surface area contributed by atoms with E-state index in [1.165, 1.54) is 19.1 Å². The molecule has 2 saturated heterocycles. The number of hydrogen-bond acceptors (Lipinski definition) is 3. The molecule has 0 aromatic heterocycles. The van der Waals surface area contributed by atoms with Crippen LogP contribution in [0, 0.1) is 18.3 Å². The average Bonchev–Trinajstić information content (AvgIpc) is 3.01. The van der Waals surface area contributed by atoms with Crippen LogP contribution in [-0.4, -0.2) is 46.9 Å². The Balaban J connectivity index is 2.14. The molecule has 24 heavy (non-hydrogen) atoms. The first-order chi connectivity index (χ1) is 11.2. The van der Waals surface area contributed by atoms with Gasteiger partial charge in [-0.05, 0) is 31.0 Å². The molecule has 1 N–H and O–H groups in total. The number of urea groups is 1. The van der Waals surface area contributed by atoms with Gasteiger partial charge in [0.2, 0.25) is 0 Å². The van der Waals surface area contributed by atoms with E-state index in [-0.39, 0.29) is 34.8 Å². The Hall–Kier alpha value is -1.98.